The van der Waals surface area contributed by atoms with Gasteiger partial charge in [-0.2, -0.15) is 5.10 Å². The third kappa shape index (κ3) is 4.08. The lowest BCUT2D eigenvalue weighted by atomic mass is 9.90. The van der Waals surface area contributed by atoms with E-state index in [-0.39, 0.29) is 18.4 Å². The number of aromatic amines is 1. The molecule has 1 aliphatic heterocycles. The first-order valence-electron chi connectivity index (χ1n) is 10.4. The fourth-order valence-corrected chi connectivity index (χ4v) is 4.58. The molecule has 2 aromatic rings. The van der Waals surface area contributed by atoms with E-state index in [2.05, 4.69) is 21.6 Å². The van der Waals surface area contributed by atoms with Gasteiger partial charge in [-0.3, -0.25) is 5.10 Å². The second-order valence-electron chi connectivity index (χ2n) is 8.15. The Bertz CT molecular complexity index is 861. The molecule has 8 heteroatoms. The number of para-hydroxylation sites is 1. The number of urea groups is 1. The van der Waals surface area contributed by atoms with Crippen LogP contribution in [0.5, 0.6) is 0 Å². The van der Waals surface area contributed by atoms with E-state index in [0.29, 0.717) is 32.5 Å². The number of amides is 2. The summed E-state index contributed by atoms with van der Waals surface area (Å²) in [6.07, 6.45) is 3.02. The number of likely N-dealkylation sites (tertiary alicyclic amines) is 1. The van der Waals surface area contributed by atoms with Crippen molar-refractivity contribution in [2.24, 2.45) is 0 Å². The summed E-state index contributed by atoms with van der Waals surface area (Å²) in [5.74, 6) is -2.54. The molecular formula is C21H28F2N4O2. The number of nitrogens with zero attached hydrogens (tertiary/aromatic N) is 2. The molecule has 1 aliphatic carbocycles. The lowest BCUT2D eigenvalue weighted by Gasteiger charge is -2.36. The minimum Gasteiger partial charge on any atom is -0.380 e. The van der Waals surface area contributed by atoms with Crippen LogP contribution in [-0.4, -0.2) is 53.3 Å². The Morgan fingerprint density at radius 1 is 1.31 bits per heavy atom. The number of ether oxygens (including phenoxy) is 1. The number of aromatic nitrogens is 2. The van der Waals surface area contributed by atoms with Gasteiger partial charge in [0.2, 0.25) is 0 Å². The number of H-pyrrole nitrogens is 1. The van der Waals surface area contributed by atoms with Gasteiger partial charge in [-0.25, -0.2) is 13.6 Å². The van der Waals surface area contributed by atoms with Crippen LogP contribution in [0.15, 0.2) is 18.2 Å². The van der Waals surface area contributed by atoms with Crippen molar-refractivity contribution in [3.63, 3.8) is 0 Å². The summed E-state index contributed by atoms with van der Waals surface area (Å²) >= 11 is 0. The molecule has 6 nitrogen and oxygen atoms in total. The summed E-state index contributed by atoms with van der Waals surface area (Å²) in [7, 11) is 1.66. The average Bonchev–Trinajstić information content (AvgIpc) is 3.15. The summed E-state index contributed by atoms with van der Waals surface area (Å²) in [5.41, 5.74) is 3.04. The van der Waals surface area contributed by atoms with Crippen LogP contribution in [0.4, 0.5) is 13.6 Å². The maximum atomic E-state index is 14.0. The van der Waals surface area contributed by atoms with Gasteiger partial charge in [0.05, 0.1) is 18.2 Å². The van der Waals surface area contributed by atoms with Crippen LogP contribution in [-0.2, 0) is 11.3 Å². The molecule has 2 N–H and O–H groups in total. The highest BCUT2D eigenvalue weighted by molar-refractivity contribution is 5.84. The molecule has 1 saturated heterocycles. The van der Waals surface area contributed by atoms with E-state index >= 15 is 0 Å². The van der Waals surface area contributed by atoms with Crippen LogP contribution >= 0.6 is 0 Å². The molecule has 0 bridgehead atoms. The number of hydrogen-bond acceptors (Lipinski definition) is 3. The number of carbonyl (C=O) groups excluding carboxylic acids is 1. The van der Waals surface area contributed by atoms with Gasteiger partial charge in [-0.05, 0) is 25.7 Å². The fraction of sp³-hybridized carbons (Fsp3) is 0.619. The maximum Gasteiger partial charge on any atom is 0.317 e. The first kappa shape index (κ1) is 20.1. The van der Waals surface area contributed by atoms with Crippen LogP contribution < -0.4 is 5.32 Å². The van der Waals surface area contributed by atoms with Crippen molar-refractivity contribution in [3.8, 4) is 0 Å². The van der Waals surface area contributed by atoms with Crippen LogP contribution in [0.2, 0.25) is 0 Å². The Morgan fingerprint density at radius 2 is 2.10 bits per heavy atom. The van der Waals surface area contributed by atoms with Crippen molar-refractivity contribution in [2.75, 3.05) is 20.2 Å². The number of methoxy groups -OCH3 is 1. The molecule has 2 amide bonds. The number of benzene rings is 1. The number of rotatable bonds is 4. The van der Waals surface area contributed by atoms with Gasteiger partial charge in [-0.15, -0.1) is 0 Å². The molecule has 158 valence electrons. The van der Waals surface area contributed by atoms with E-state index < -0.39 is 12.0 Å². The van der Waals surface area contributed by atoms with Crippen molar-refractivity contribution < 1.29 is 18.3 Å². The molecule has 0 spiro atoms. The lowest BCUT2D eigenvalue weighted by Crippen LogP contribution is -2.54. The normalized spacial score (nSPS) is 22.7. The molecule has 2 aliphatic rings. The molecule has 1 atom stereocenters. The molecule has 1 aromatic heterocycles. The number of alkyl halides is 2. The molecule has 0 unspecified atom stereocenters. The number of piperidine rings is 1. The van der Waals surface area contributed by atoms with Gasteiger partial charge in [-0.1, -0.05) is 24.6 Å². The van der Waals surface area contributed by atoms with E-state index in [1.807, 2.05) is 12.1 Å². The first-order chi connectivity index (χ1) is 14.0. The summed E-state index contributed by atoms with van der Waals surface area (Å²) < 4.78 is 33.3. The van der Waals surface area contributed by atoms with Gasteiger partial charge in [0.15, 0.2) is 0 Å². The fourth-order valence-electron chi connectivity index (χ4n) is 4.58. The third-order valence-electron chi connectivity index (χ3n) is 6.25. The van der Waals surface area contributed by atoms with Crippen molar-refractivity contribution in [1.82, 2.24) is 20.4 Å². The molecule has 2 heterocycles. The molecule has 2 fully saturated rings. The molecule has 1 aromatic carbocycles. The monoisotopic (exact) mass is 406 g/mol. The molecule has 0 radical (unpaired) electrons. The predicted octanol–water partition coefficient (Wildman–Crippen LogP) is 4.18. The van der Waals surface area contributed by atoms with E-state index in [9.17, 15) is 13.6 Å². The summed E-state index contributed by atoms with van der Waals surface area (Å²) in [6, 6.07) is 4.65. The minimum absolute atomic E-state index is 0.141. The largest absolute Gasteiger partial charge is 0.380 e. The first-order valence-corrected chi connectivity index (χ1v) is 10.4. The van der Waals surface area contributed by atoms with Crippen molar-refractivity contribution >= 4 is 16.9 Å². The Kier molecular flexibility index (Phi) is 5.72. The van der Waals surface area contributed by atoms with E-state index in [1.54, 1.807) is 12.0 Å². The zero-order valence-electron chi connectivity index (χ0n) is 16.7. The van der Waals surface area contributed by atoms with Gasteiger partial charge in [0.25, 0.3) is 5.92 Å². The van der Waals surface area contributed by atoms with Crippen LogP contribution in [0.25, 0.3) is 10.9 Å². The standard InChI is InChI=1S/C21H28F2N4O2/c1-29-13-15-5-4-6-16-18(25-26-19(15)16)14-8-11-27(12-9-14)20(28)24-17-7-2-3-10-21(17,22)23/h4-6,14,17H,2-3,7-13H2,1H3,(H,24,28)(H,25,26)/t17-/m0/s1. The van der Waals surface area contributed by atoms with Crippen LogP contribution in [0.1, 0.15) is 55.7 Å². The SMILES string of the molecule is COCc1cccc2c(C3CCN(C(=O)N[C@H]4CCCCC4(F)F)CC3)[nH]nc12. The van der Waals surface area contributed by atoms with Crippen molar-refractivity contribution in [3.05, 3.63) is 29.5 Å². The smallest absolute Gasteiger partial charge is 0.317 e. The minimum atomic E-state index is -2.80. The Hall–Kier alpha value is -2.22. The summed E-state index contributed by atoms with van der Waals surface area (Å²) in [5, 5.41) is 11.3. The average molecular weight is 406 g/mol. The molecule has 29 heavy (non-hydrogen) atoms. The second-order valence-corrected chi connectivity index (χ2v) is 8.15. The molecule has 1 saturated carbocycles. The van der Waals surface area contributed by atoms with E-state index in [1.165, 1.54) is 0 Å². The topological polar surface area (TPSA) is 70.2 Å². The quantitative estimate of drug-likeness (QED) is 0.800. The predicted molar refractivity (Wildman–Crippen MR) is 106 cm³/mol. The highest BCUT2D eigenvalue weighted by Crippen LogP contribution is 2.35. The summed E-state index contributed by atoms with van der Waals surface area (Å²) in [4.78, 5) is 14.2. The lowest BCUT2D eigenvalue weighted by molar-refractivity contribution is -0.0609. The van der Waals surface area contributed by atoms with Crippen molar-refractivity contribution in [2.45, 2.75) is 63.0 Å². The van der Waals surface area contributed by atoms with Gasteiger partial charge < -0.3 is 15.0 Å². The van der Waals surface area contributed by atoms with E-state index in [4.69, 9.17) is 4.74 Å². The zero-order valence-corrected chi connectivity index (χ0v) is 16.7. The maximum absolute atomic E-state index is 14.0. The number of fused-ring (bicyclic) bond motifs is 1. The number of nitrogens with one attached hydrogen (secondary N) is 2. The Labute approximate surface area is 169 Å². The Balaban J connectivity index is 1.39. The van der Waals surface area contributed by atoms with Gasteiger partial charge in [0, 0.05) is 49.2 Å². The number of carbonyl (C=O) groups is 1. The second kappa shape index (κ2) is 8.26. The van der Waals surface area contributed by atoms with Gasteiger partial charge >= 0.3 is 6.03 Å². The van der Waals surface area contributed by atoms with Gasteiger partial charge in [0.1, 0.15) is 0 Å². The Morgan fingerprint density at radius 3 is 2.83 bits per heavy atom. The molecule has 4 rings (SSSR count). The summed E-state index contributed by atoms with van der Waals surface area (Å²) in [6.45, 7) is 1.60. The van der Waals surface area contributed by atoms with Crippen LogP contribution in [0.3, 0.4) is 0 Å². The number of hydrogen-bond donors (Lipinski definition) is 2. The highest BCUT2D eigenvalue weighted by Gasteiger charge is 2.43. The van der Waals surface area contributed by atoms with E-state index in [0.717, 1.165) is 41.4 Å². The molecular weight excluding hydrogens is 378 g/mol. The zero-order chi connectivity index (χ0) is 20.4. The van der Waals surface area contributed by atoms with Crippen molar-refractivity contribution in [1.29, 1.82) is 0 Å². The van der Waals surface area contributed by atoms with Crippen LogP contribution in [0, 0.1) is 0 Å². The third-order valence-corrected chi connectivity index (χ3v) is 6.25. The number of halogens is 2. The highest BCUT2D eigenvalue weighted by atomic mass is 19.3.